The standard InChI is InChI=1S/C22H27F3N4O.HI/c1-15(2)20(30)29-19-10-6-17(7-11-19)14-28-21(26-3)27-13-12-16-4-8-18(9-5-16)22(23,24)25;/h4-11,15H,12-14H2,1-3H3,(H,29,30)(H2,26,27,28);1H. The molecule has 0 aliphatic heterocycles. The third-order valence-electron chi connectivity index (χ3n) is 4.42. The number of nitrogens with zero attached hydrogens (tertiary/aromatic N) is 1. The molecule has 1 amide bonds. The van der Waals surface area contributed by atoms with Gasteiger partial charge >= 0.3 is 6.18 Å². The number of halogens is 4. The van der Waals surface area contributed by atoms with E-state index in [2.05, 4.69) is 20.9 Å². The van der Waals surface area contributed by atoms with Crippen molar-refractivity contribution in [1.29, 1.82) is 0 Å². The van der Waals surface area contributed by atoms with Gasteiger partial charge in [0.1, 0.15) is 0 Å². The molecular weight excluding hydrogens is 520 g/mol. The Kier molecular flexibility index (Phi) is 10.8. The zero-order chi connectivity index (χ0) is 22.1. The summed E-state index contributed by atoms with van der Waals surface area (Å²) in [7, 11) is 1.65. The summed E-state index contributed by atoms with van der Waals surface area (Å²) in [6.45, 7) is 4.75. The molecule has 31 heavy (non-hydrogen) atoms. The molecule has 0 aromatic heterocycles. The number of benzene rings is 2. The smallest absolute Gasteiger partial charge is 0.356 e. The van der Waals surface area contributed by atoms with Crippen LogP contribution in [-0.4, -0.2) is 25.5 Å². The maximum Gasteiger partial charge on any atom is 0.416 e. The van der Waals surface area contributed by atoms with Gasteiger partial charge in [0.2, 0.25) is 5.91 Å². The number of guanidine groups is 1. The largest absolute Gasteiger partial charge is 0.416 e. The molecule has 0 fully saturated rings. The van der Waals surface area contributed by atoms with E-state index in [1.54, 1.807) is 7.05 Å². The lowest BCUT2D eigenvalue weighted by atomic mass is 10.1. The van der Waals surface area contributed by atoms with Crippen LogP contribution in [-0.2, 0) is 23.9 Å². The topological polar surface area (TPSA) is 65.5 Å². The highest BCUT2D eigenvalue weighted by Crippen LogP contribution is 2.29. The van der Waals surface area contributed by atoms with Crippen LogP contribution in [0.25, 0.3) is 0 Å². The molecule has 0 unspecified atom stereocenters. The number of carbonyl (C=O) groups excluding carboxylic acids is 1. The van der Waals surface area contributed by atoms with E-state index in [0.717, 1.165) is 28.9 Å². The fourth-order valence-electron chi connectivity index (χ4n) is 2.58. The predicted octanol–water partition coefficient (Wildman–Crippen LogP) is 4.83. The molecule has 3 N–H and O–H groups in total. The molecule has 0 bridgehead atoms. The normalized spacial score (nSPS) is 11.6. The summed E-state index contributed by atoms with van der Waals surface area (Å²) in [6.07, 6.45) is -3.75. The lowest BCUT2D eigenvalue weighted by molar-refractivity contribution is -0.137. The maximum atomic E-state index is 12.6. The lowest BCUT2D eigenvalue weighted by Crippen LogP contribution is -2.37. The summed E-state index contributed by atoms with van der Waals surface area (Å²) >= 11 is 0. The molecule has 0 radical (unpaired) electrons. The van der Waals surface area contributed by atoms with Gasteiger partial charge in [-0.05, 0) is 41.8 Å². The van der Waals surface area contributed by atoms with Crippen LogP contribution in [0.15, 0.2) is 53.5 Å². The Morgan fingerprint density at radius 3 is 2.06 bits per heavy atom. The first-order valence-electron chi connectivity index (χ1n) is 9.69. The van der Waals surface area contributed by atoms with Crippen molar-refractivity contribution in [3.8, 4) is 0 Å². The van der Waals surface area contributed by atoms with Crippen molar-refractivity contribution in [2.24, 2.45) is 10.9 Å². The monoisotopic (exact) mass is 548 g/mol. The Morgan fingerprint density at radius 2 is 1.55 bits per heavy atom. The van der Waals surface area contributed by atoms with Gasteiger partial charge in [0, 0.05) is 31.7 Å². The van der Waals surface area contributed by atoms with Gasteiger partial charge in [-0.2, -0.15) is 13.2 Å². The Bertz CT molecular complexity index is 851. The van der Waals surface area contributed by atoms with Crippen molar-refractivity contribution in [3.05, 3.63) is 65.2 Å². The van der Waals surface area contributed by atoms with Gasteiger partial charge < -0.3 is 16.0 Å². The second kappa shape index (κ2) is 12.5. The maximum absolute atomic E-state index is 12.6. The molecule has 5 nitrogen and oxygen atoms in total. The number of aliphatic imine (C=N–C) groups is 1. The van der Waals surface area contributed by atoms with E-state index in [-0.39, 0.29) is 35.8 Å². The number of rotatable bonds is 7. The third-order valence-corrected chi connectivity index (χ3v) is 4.42. The van der Waals surface area contributed by atoms with Crippen LogP contribution in [0.2, 0.25) is 0 Å². The van der Waals surface area contributed by atoms with Crippen molar-refractivity contribution in [3.63, 3.8) is 0 Å². The van der Waals surface area contributed by atoms with Crippen LogP contribution in [0.3, 0.4) is 0 Å². The van der Waals surface area contributed by atoms with Crippen LogP contribution in [0.4, 0.5) is 18.9 Å². The number of carbonyl (C=O) groups is 1. The molecule has 2 rings (SSSR count). The minimum atomic E-state index is -4.32. The lowest BCUT2D eigenvalue weighted by Gasteiger charge is -2.13. The molecular formula is C22H28F3IN4O. The van der Waals surface area contributed by atoms with Crippen molar-refractivity contribution in [2.75, 3.05) is 18.9 Å². The van der Waals surface area contributed by atoms with Gasteiger partial charge in [-0.3, -0.25) is 9.79 Å². The van der Waals surface area contributed by atoms with Gasteiger partial charge in [-0.1, -0.05) is 38.1 Å². The summed E-state index contributed by atoms with van der Waals surface area (Å²) < 4.78 is 37.8. The second-order valence-electron chi connectivity index (χ2n) is 7.14. The van der Waals surface area contributed by atoms with Gasteiger partial charge in [-0.15, -0.1) is 24.0 Å². The molecule has 0 aliphatic carbocycles. The van der Waals surface area contributed by atoms with E-state index in [0.29, 0.717) is 25.5 Å². The minimum absolute atomic E-state index is 0. The van der Waals surface area contributed by atoms with Gasteiger partial charge in [-0.25, -0.2) is 0 Å². The summed E-state index contributed by atoms with van der Waals surface area (Å²) in [5, 5.41) is 9.17. The fraction of sp³-hybridized carbons (Fsp3) is 0.364. The van der Waals surface area contributed by atoms with Gasteiger partial charge in [0.15, 0.2) is 5.96 Å². The van der Waals surface area contributed by atoms with Crippen LogP contribution < -0.4 is 16.0 Å². The van der Waals surface area contributed by atoms with Crippen LogP contribution in [0, 0.1) is 5.92 Å². The summed E-state index contributed by atoms with van der Waals surface area (Å²) in [5.74, 6) is 0.487. The van der Waals surface area contributed by atoms with E-state index >= 15 is 0 Å². The van der Waals surface area contributed by atoms with E-state index < -0.39 is 11.7 Å². The van der Waals surface area contributed by atoms with Crippen LogP contribution >= 0.6 is 24.0 Å². The molecule has 0 heterocycles. The quantitative estimate of drug-likeness (QED) is 0.264. The van der Waals surface area contributed by atoms with Crippen molar-refractivity contribution in [1.82, 2.24) is 10.6 Å². The van der Waals surface area contributed by atoms with E-state index in [1.165, 1.54) is 12.1 Å². The number of hydrogen-bond donors (Lipinski definition) is 3. The van der Waals surface area contributed by atoms with Crippen molar-refractivity contribution in [2.45, 2.75) is 33.0 Å². The zero-order valence-electron chi connectivity index (χ0n) is 17.7. The van der Waals surface area contributed by atoms with E-state index in [4.69, 9.17) is 0 Å². The fourth-order valence-corrected chi connectivity index (χ4v) is 2.58. The average molecular weight is 548 g/mol. The number of nitrogens with one attached hydrogen (secondary N) is 3. The van der Waals surface area contributed by atoms with Crippen molar-refractivity contribution >= 4 is 41.5 Å². The highest BCUT2D eigenvalue weighted by molar-refractivity contribution is 14.0. The summed E-state index contributed by atoms with van der Waals surface area (Å²) in [5.41, 5.74) is 1.93. The number of amides is 1. The Balaban J connectivity index is 0.00000480. The molecule has 0 atom stereocenters. The predicted molar refractivity (Wildman–Crippen MR) is 129 cm³/mol. The average Bonchev–Trinajstić information content (AvgIpc) is 2.71. The highest BCUT2D eigenvalue weighted by atomic mass is 127. The summed E-state index contributed by atoms with van der Waals surface area (Å²) in [4.78, 5) is 15.9. The first kappa shape index (κ1) is 26.7. The number of anilines is 1. The second-order valence-corrected chi connectivity index (χ2v) is 7.14. The highest BCUT2D eigenvalue weighted by Gasteiger charge is 2.29. The molecule has 0 saturated heterocycles. The van der Waals surface area contributed by atoms with Crippen LogP contribution in [0.1, 0.15) is 30.5 Å². The molecule has 0 spiro atoms. The SMILES string of the molecule is CN=C(NCCc1ccc(C(F)(F)F)cc1)NCc1ccc(NC(=O)C(C)C)cc1.I. The minimum Gasteiger partial charge on any atom is -0.356 e. The number of alkyl halides is 3. The van der Waals surface area contributed by atoms with E-state index in [9.17, 15) is 18.0 Å². The Hall–Kier alpha value is -2.30. The van der Waals surface area contributed by atoms with E-state index in [1.807, 2.05) is 38.1 Å². The molecule has 2 aromatic rings. The first-order chi connectivity index (χ1) is 14.2. The van der Waals surface area contributed by atoms with Crippen molar-refractivity contribution < 1.29 is 18.0 Å². The zero-order valence-corrected chi connectivity index (χ0v) is 20.0. The molecule has 9 heteroatoms. The van der Waals surface area contributed by atoms with Crippen LogP contribution in [0.5, 0.6) is 0 Å². The molecule has 0 saturated carbocycles. The Morgan fingerprint density at radius 1 is 0.968 bits per heavy atom. The molecule has 2 aromatic carbocycles. The molecule has 170 valence electrons. The number of hydrogen-bond acceptors (Lipinski definition) is 2. The first-order valence-corrected chi connectivity index (χ1v) is 9.69. The summed E-state index contributed by atoms with van der Waals surface area (Å²) in [6, 6.07) is 12.7. The van der Waals surface area contributed by atoms with Gasteiger partial charge in [0.05, 0.1) is 5.56 Å². The third kappa shape index (κ3) is 9.16. The van der Waals surface area contributed by atoms with Gasteiger partial charge in [0.25, 0.3) is 0 Å². The molecule has 0 aliphatic rings. The Labute approximate surface area is 197 Å².